The molecule has 0 aromatic heterocycles. The van der Waals surface area contributed by atoms with Crippen LogP contribution in [0.1, 0.15) is 32.8 Å². The molecule has 0 atom stereocenters. The predicted octanol–water partition coefficient (Wildman–Crippen LogP) is 3.85. The standard InChI is InChI=1S/C15H17BrFNO2/c1-15(2,3)20-14(19)18-9-5-4-6-11-10-12(17)7-8-13(11)16/h7-8,10H,5,9H2,1-3H3,(H,18,19). The molecule has 0 unspecified atom stereocenters. The molecule has 0 fully saturated rings. The van der Waals surface area contributed by atoms with Gasteiger partial charge in [-0.2, -0.15) is 0 Å². The number of carbonyl (C=O) groups excluding carboxylic acids is 1. The van der Waals surface area contributed by atoms with Gasteiger partial charge >= 0.3 is 6.09 Å². The van der Waals surface area contributed by atoms with Gasteiger partial charge in [-0.1, -0.05) is 11.8 Å². The molecule has 1 rings (SSSR count). The van der Waals surface area contributed by atoms with Crippen LogP contribution in [0.15, 0.2) is 22.7 Å². The summed E-state index contributed by atoms with van der Waals surface area (Å²) >= 11 is 3.30. The van der Waals surface area contributed by atoms with E-state index < -0.39 is 11.7 Å². The third kappa shape index (κ3) is 6.58. The van der Waals surface area contributed by atoms with Crippen LogP contribution in [0.4, 0.5) is 9.18 Å². The van der Waals surface area contributed by atoms with Crippen LogP contribution < -0.4 is 5.32 Å². The maximum Gasteiger partial charge on any atom is 0.407 e. The lowest BCUT2D eigenvalue weighted by molar-refractivity contribution is 0.0529. The Morgan fingerprint density at radius 2 is 2.15 bits per heavy atom. The molecule has 0 aliphatic carbocycles. The highest BCUT2D eigenvalue weighted by molar-refractivity contribution is 9.10. The zero-order chi connectivity index (χ0) is 15.2. The molecule has 0 aliphatic heterocycles. The largest absolute Gasteiger partial charge is 0.444 e. The molecule has 108 valence electrons. The first-order valence-corrected chi connectivity index (χ1v) is 6.98. The maximum absolute atomic E-state index is 13.0. The predicted molar refractivity (Wildman–Crippen MR) is 79.8 cm³/mol. The summed E-state index contributed by atoms with van der Waals surface area (Å²) in [6.45, 7) is 5.78. The zero-order valence-electron chi connectivity index (χ0n) is 11.7. The molecule has 0 saturated carbocycles. The van der Waals surface area contributed by atoms with Crippen LogP contribution in [0, 0.1) is 17.7 Å². The van der Waals surface area contributed by atoms with Crippen molar-refractivity contribution in [3.05, 3.63) is 34.1 Å². The lowest BCUT2D eigenvalue weighted by Crippen LogP contribution is -2.32. The molecule has 20 heavy (non-hydrogen) atoms. The van der Waals surface area contributed by atoms with Gasteiger partial charge in [-0.3, -0.25) is 0 Å². The second-order valence-electron chi connectivity index (χ2n) is 5.10. The number of ether oxygens (including phenoxy) is 1. The average Bonchev–Trinajstić information content (AvgIpc) is 2.30. The van der Waals surface area contributed by atoms with Crippen molar-refractivity contribution in [2.24, 2.45) is 0 Å². The molecular formula is C15H17BrFNO2. The van der Waals surface area contributed by atoms with Gasteiger partial charge in [0.2, 0.25) is 0 Å². The van der Waals surface area contributed by atoms with Crippen LogP contribution in [0.25, 0.3) is 0 Å². The summed E-state index contributed by atoms with van der Waals surface area (Å²) < 4.78 is 18.8. The molecule has 3 nitrogen and oxygen atoms in total. The van der Waals surface area contributed by atoms with Gasteiger partial charge in [-0.05, 0) is 54.9 Å². The minimum absolute atomic E-state index is 0.329. The van der Waals surface area contributed by atoms with E-state index in [9.17, 15) is 9.18 Å². The van der Waals surface area contributed by atoms with Crippen LogP contribution in [0.3, 0.4) is 0 Å². The molecule has 5 heteroatoms. The molecule has 0 saturated heterocycles. The first-order valence-electron chi connectivity index (χ1n) is 6.19. The number of nitrogens with one attached hydrogen (secondary N) is 1. The van der Waals surface area contributed by atoms with Gasteiger partial charge in [-0.15, -0.1) is 0 Å². The Kier molecular flexibility index (Phi) is 6.03. The number of halogens is 2. The van der Waals surface area contributed by atoms with E-state index in [0.717, 1.165) is 4.47 Å². The fourth-order valence-electron chi connectivity index (χ4n) is 1.29. The summed E-state index contributed by atoms with van der Waals surface area (Å²) in [5.74, 6) is 5.39. The molecule has 1 N–H and O–H groups in total. The highest BCUT2D eigenvalue weighted by atomic mass is 79.9. The van der Waals surface area contributed by atoms with Gasteiger partial charge < -0.3 is 10.1 Å². The van der Waals surface area contributed by atoms with Gasteiger partial charge in [0.05, 0.1) is 0 Å². The minimum Gasteiger partial charge on any atom is -0.444 e. The van der Waals surface area contributed by atoms with Gasteiger partial charge in [0.15, 0.2) is 0 Å². The first-order chi connectivity index (χ1) is 9.28. The lowest BCUT2D eigenvalue weighted by atomic mass is 10.2. The molecule has 1 aromatic rings. The minimum atomic E-state index is -0.512. The van der Waals surface area contributed by atoms with E-state index in [0.29, 0.717) is 18.5 Å². The van der Waals surface area contributed by atoms with Crippen LogP contribution >= 0.6 is 15.9 Å². The lowest BCUT2D eigenvalue weighted by Gasteiger charge is -2.19. The zero-order valence-corrected chi connectivity index (χ0v) is 13.3. The molecule has 0 heterocycles. The van der Waals surface area contributed by atoms with E-state index in [1.165, 1.54) is 12.1 Å². The number of hydrogen-bond acceptors (Lipinski definition) is 2. The first kappa shape index (κ1) is 16.5. The Labute approximate surface area is 127 Å². The summed E-state index contributed by atoms with van der Waals surface area (Å²) in [5.41, 5.74) is 0.0737. The normalized spacial score (nSPS) is 10.4. The van der Waals surface area contributed by atoms with Gasteiger partial charge in [-0.25, -0.2) is 9.18 Å². The molecule has 1 aromatic carbocycles. The number of hydrogen-bond donors (Lipinski definition) is 1. The number of carbonyl (C=O) groups is 1. The van der Waals surface area contributed by atoms with Crippen molar-refractivity contribution >= 4 is 22.0 Å². The van der Waals surface area contributed by atoms with Gasteiger partial charge in [0, 0.05) is 23.0 Å². The maximum atomic E-state index is 13.0. The van der Waals surface area contributed by atoms with Gasteiger partial charge in [0.1, 0.15) is 11.4 Å². The Bertz CT molecular complexity index is 541. The third-order valence-electron chi connectivity index (χ3n) is 2.07. The third-order valence-corrected chi connectivity index (χ3v) is 2.76. The number of rotatable bonds is 2. The number of amides is 1. The van der Waals surface area contributed by atoms with Crippen molar-refractivity contribution in [3.8, 4) is 11.8 Å². The Hall–Kier alpha value is -1.54. The summed E-state index contributed by atoms with van der Waals surface area (Å²) in [5, 5.41) is 2.60. The van der Waals surface area contributed by atoms with E-state index in [4.69, 9.17) is 4.74 Å². The monoisotopic (exact) mass is 341 g/mol. The van der Waals surface area contributed by atoms with Crippen LogP contribution in [-0.2, 0) is 4.74 Å². The summed E-state index contributed by atoms with van der Waals surface area (Å²) in [6, 6.07) is 4.33. The number of alkyl carbamates (subject to hydrolysis) is 1. The van der Waals surface area contributed by atoms with Crippen molar-refractivity contribution in [3.63, 3.8) is 0 Å². The summed E-state index contributed by atoms with van der Waals surface area (Å²) in [4.78, 5) is 11.4. The Balaban J connectivity index is 2.40. The van der Waals surface area contributed by atoms with E-state index in [1.54, 1.807) is 26.8 Å². The molecular weight excluding hydrogens is 325 g/mol. The highest BCUT2D eigenvalue weighted by Crippen LogP contribution is 2.16. The summed E-state index contributed by atoms with van der Waals surface area (Å²) in [7, 11) is 0. The van der Waals surface area contributed by atoms with Gasteiger partial charge in [0.25, 0.3) is 0 Å². The fraction of sp³-hybridized carbons (Fsp3) is 0.400. The Morgan fingerprint density at radius 1 is 1.45 bits per heavy atom. The molecule has 0 aliphatic rings. The average molecular weight is 342 g/mol. The van der Waals surface area contributed by atoms with Crippen molar-refractivity contribution in [1.29, 1.82) is 0 Å². The second-order valence-corrected chi connectivity index (χ2v) is 5.96. The van der Waals surface area contributed by atoms with E-state index in [-0.39, 0.29) is 5.82 Å². The van der Waals surface area contributed by atoms with Crippen molar-refractivity contribution in [2.45, 2.75) is 32.8 Å². The van der Waals surface area contributed by atoms with E-state index >= 15 is 0 Å². The molecule has 0 bridgehead atoms. The SMILES string of the molecule is CC(C)(C)OC(=O)NCCC#Cc1cc(F)ccc1Br. The number of benzene rings is 1. The van der Waals surface area contributed by atoms with E-state index in [2.05, 4.69) is 33.1 Å². The quantitative estimate of drug-likeness (QED) is 0.655. The van der Waals surface area contributed by atoms with Crippen molar-refractivity contribution < 1.29 is 13.9 Å². The van der Waals surface area contributed by atoms with E-state index in [1.807, 2.05) is 0 Å². The molecule has 0 spiro atoms. The Morgan fingerprint density at radius 3 is 2.80 bits per heavy atom. The van der Waals surface area contributed by atoms with Crippen molar-refractivity contribution in [1.82, 2.24) is 5.32 Å². The smallest absolute Gasteiger partial charge is 0.407 e. The van der Waals surface area contributed by atoms with Crippen LogP contribution in [-0.4, -0.2) is 18.2 Å². The van der Waals surface area contributed by atoms with Crippen LogP contribution in [0.5, 0.6) is 0 Å². The fourth-order valence-corrected chi connectivity index (χ4v) is 1.64. The van der Waals surface area contributed by atoms with Crippen LogP contribution in [0.2, 0.25) is 0 Å². The highest BCUT2D eigenvalue weighted by Gasteiger charge is 2.15. The molecule has 0 radical (unpaired) electrons. The van der Waals surface area contributed by atoms with Crippen molar-refractivity contribution in [2.75, 3.05) is 6.54 Å². The summed E-state index contributed by atoms with van der Waals surface area (Å²) in [6.07, 6.45) is -0.00594. The topological polar surface area (TPSA) is 38.3 Å². The molecule has 1 amide bonds. The second kappa shape index (κ2) is 7.30.